The van der Waals surface area contributed by atoms with Crippen LogP contribution in [0.4, 0.5) is 22.7 Å². The summed E-state index contributed by atoms with van der Waals surface area (Å²) in [6.07, 6.45) is 10.9. The van der Waals surface area contributed by atoms with Crippen LogP contribution in [0, 0.1) is 17.8 Å². The van der Waals surface area contributed by atoms with Gasteiger partial charge in [-0.2, -0.15) is 0 Å². The van der Waals surface area contributed by atoms with Crippen LogP contribution in [0.3, 0.4) is 0 Å². The Morgan fingerprint density at radius 2 is 0.701 bits per heavy atom. The number of hydrogen-bond donors (Lipinski definition) is 2. The monoisotopic (exact) mass is 1060 g/mol. The first-order chi connectivity index (χ1) is 37.1. The Kier molecular flexibility index (Phi) is 26.0. The molecule has 5 saturated heterocycles. The fourth-order valence-corrected chi connectivity index (χ4v) is 12.1. The first-order valence-electron chi connectivity index (χ1n) is 30.9. The lowest BCUT2D eigenvalue weighted by Gasteiger charge is -2.43. The van der Waals surface area contributed by atoms with Gasteiger partial charge in [0, 0.05) is 127 Å². The quantitative estimate of drug-likeness (QED) is 0.121. The number of piperidine rings is 4. The molecule has 0 spiro atoms. The molecule has 0 unspecified atom stereocenters. The van der Waals surface area contributed by atoms with Gasteiger partial charge in [0.2, 0.25) is 0 Å². The largest absolute Gasteiger partial charge is 0.396 e. The lowest BCUT2D eigenvalue weighted by atomic mass is 9.93. The van der Waals surface area contributed by atoms with E-state index in [4.69, 9.17) is 10.2 Å². The van der Waals surface area contributed by atoms with Gasteiger partial charge in [0.25, 0.3) is 0 Å². The number of hydrogen-bond acceptors (Lipinski definition) is 9. The van der Waals surface area contributed by atoms with Crippen LogP contribution in [0.2, 0.25) is 0 Å². The van der Waals surface area contributed by atoms with Gasteiger partial charge >= 0.3 is 0 Å². The van der Waals surface area contributed by atoms with Crippen LogP contribution >= 0.6 is 0 Å². The second kappa shape index (κ2) is 32.2. The third-order valence-electron chi connectivity index (χ3n) is 17.8. The molecule has 9 rings (SSSR count). The summed E-state index contributed by atoms with van der Waals surface area (Å²) in [5.74, 6) is 4.57. The van der Waals surface area contributed by atoms with E-state index in [1.807, 2.05) is 0 Å². The zero-order valence-corrected chi connectivity index (χ0v) is 50.6. The molecule has 0 bridgehead atoms. The zero-order valence-electron chi connectivity index (χ0n) is 50.6. The number of aliphatic hydroxyl groups is 2. The molecule has 5 aliphatic rings. The van der Waals surface area contributed by atoms with Gasteiger partial charge in [0.05, 0.1) is 0 Å². The van der Waals surface area contributed by atoms with Crippen LogP contribution in [-0.4, -0.2) is 150 Å². The molecule has 4 aromatic rings. The number of piperazine rings is 1. The van der Waals surface area contributed by atoms with Crippen molar-refractivity contribution in [1.82, 2.24) is 14.7 Å². The molecule has 0 atom stereocenters. The maximum atomic E-state index is 9.13. The Labute approximate surface area is 471 Å². The molecule has 5 fully saturated rings. The molecule has 0 saturated carbocycles. The fourth-order valence-electron chi connectivity index (χ4n) is 12.1. The summed E-state index contributed by atoms with van der Waals surface area (Å²) in [5, 5.41) is 18.1. The average molecular weight is 1060 g/mol. The minimum Gasteiger partial charge on any atom is -0.396 e. The highest BCUT2D eigenvalue weighted by Gasteiger charge is 2.28. The van der Waals surface area contributed by atoms with E-state index in [0.29, 0.717) is 42.8 Å². The van der Waals surface area contributed by atoms with Crippen molar-refractivity contribution in [2.45, 2.75) is 150 Å². The molecule has 4 aromatic carbocycles. The number of aliphatic hydroxyl groups excluding tert-OH is 2. The van der Waals surface area contributed by atoms with E-state index in [2.05, 4.69) is 208 Å². The molecule has 5 heterocycles. The third-order valence-corrected chi connectivity index (χ3v) is 17.8. The second-order valence-corrected chi connectivity index (χ2v) is 24.9. The molecule has 9 nitrogen and oxygen atoms in total. The van der Waals surface area contributed by atoms with Crippen molar-refractivity contribution in [3.8, 4) is 0 Å². The summed E-state index contributed by atoms with van der Waals surface area (Å²) in [4.78, 5) is 17.6. The van der Waals surface area contributed by atoms with E-state index in [1.54, 1.807) is 0 Å². The second-order valence-electron chi connectivity index (χ2n) is 24.9. The lowest BCUT2D eigenvalue weighted by molar-refractivity contribution is 0.0878. The van der Waals surface area contributed by atoms with Gasteiger partial charge in [-0.1, -0.05) is 111 Å². The van der Waals surface area contributed by atoms with Crippen molar-refractivity contribution >= 4 is 22.7 Å². The Morgan fingerprint density at radius 1 is 0.403 bits per heavy atom. The Bertz CT molecular complexity index is 2150. The van der Waals surface area contributed by atoms with Gasteiger partial charge < -0.3 is 39.6 Å². The summed E-state index contributed by atoms with van der Waals surface area (Å²) in [7, 11) is 4.36. The van der Waals surface area contributed by atoms with E-state index in [-0.39, 0.29) is 0 Å². The molecule has 0 aliphatic carbocycles. The third kappa shape index (κ3) is 19.9. The smallest absolute Gasteiger partial charge is 0.0460 e. The number of nitrogens with zero attached hydrogens (tertiary/aromatic N) is 7. The van der Waals surface area contributed by atoms with Crippen molar-refractivity contribution in [1.29, 1.82) is 0 Å². The van der Waals surface area contributed by atoms with E-state index in [9.17, 15) is 0 Å². The summed E-state index contributed by atoms with van der Waals surface area (Å²) in [6, 6.07) is 37.1. The predicted octanol–water partition coefficient (Wildman–Crippen LogP) is 13.4. The minimum absolute atomic E-state index is 0.341. The van der Waals surface area contributed by atoms with Crippen molar-refractivity contribution < 1.29 is 10.2 Å². The summed E-state index contributed by atoms with van der Waals surface area (Å²) in [5.41, 5.74) is 11.2. The van der Waals surface area contributed by atoms with Crippen molar-refractivity contribution in [2.75, 3.05) is 139 Å². The van der Waals surface area contributed by atoms with E-state index < -0.39 is 0 Å². The molecule has 0 aromatic heterocycles. The molecule has 0 amide bonds. The number of likely N-dealkylation sites (N-methyl/N-ethyl adjacent to an activating group) is 1. The van der Waals surface area contributed by atoms with Crippen molar-refractivity contribution in [3.63, 3.8) is 0 Å². The van der Waals surface area contributed by atoms with E-state index in [1.165, 1.54) is 149 Å². The first kappa shape index (κ1) is 62.1. The fraction of sp³-hybridized carbons (Fsp3) is 0.647. The molecule has 428 valence electrons. The predicted molar refractivity (Wildman–Crippen MR) is 333 cm³/mol. The average Bonchev–Trinajstić information content (AvgIpc) is 3.46. The van der Waals surface area contributed by atoms with Gasteiger partial charge in [0.15, 0.2) is 0 Å². The highest BCUT2D eigenvalue weighted by atomic mass is 16.3. The van der Waals surface area contributed by atoms with Gasteiger partial charge in [-0.15, -0.1) is 0 Å². The number of anilines is 4. The molecular formula is C68H109N7O2. The van der Waals surface area contributed by atoms with E-state index >= 15 is 0 Å². The molecule has 5 aliphatic heterocycles. The normalized spacial score (nSPS) is 18.9. The van der Waals surface area contributed by atoms with Crippen LogP contribution in [0.15, 0.2) is 97.1 Å². The van der Waals surface area contributed by atoms with Crippen LogP contribution < -0.4 is 19.6 Å². The molecule has 2 N–H and O–H groups in total. The van der Waals surface area contributed by atoms with Gasteiger partial charge in [0.1, 0.15) is 0 Å². The van der Waals surface area contributed by atoms with Crippen LogP contribution in [0.25, 0.3) is 0 Å². The molecule has 9 heteroatoms. The standard InChI is InChI=1S/C20H33N3.C17H28N2.C16H25NO.C15H23NO/c1-4-21-13-15-23(16-14-21)20-9-11-22(12-10-20)19-7-5-18(6-8-19)17(2)3;1-14(2)16-5-7-17(8-6-16)19-11-9-15(10-12-19)13-18(3)4;1-13(2)15-3-5-16(6-4-15)17-10-7-14(8-11-17)9-12-18;1-12(2)14-3-5-15(6-4-14)16-9-7-13(11-17)8-10-16/h5-8,17,20H,4,9-16H2,1-3H3;5-8,14-15H,9-13H2,1-4H3;3-6,13-14,18H,7-12H2,1-2H3;3-6,12-13,17H,7-11H2,1-2H3. The molecular weight excluding hydrogens is 947 g/mol. The van der Waals surface area contributed by atoms with Crippen LogP contribution in [0.1, 0.15) is 166 Å². The lowest BCUT2D eigenvalue weighted by Crippen LogP contribution is -2.53. The van der Waals surface area contributed by atoms with E-state index in [0.717, 1.165) is 63.3 Å². The minimum atomic E-state index is 0.341. The van der Waals surface area contributed by atoms with Gasteiger partial charge in [-0.05, 0) is 191 Å². The highest BCUT2D eigenvalue weighted by Crippen LogP contribution is 2.30. The Hall–Kier alpha value is -4.12. The topological polar surface area (TPSA) is 63.1 Å². The molecule has 77 heavy (non-hydrogen) atoms. The van der Waals surface area contributed by atoms with Gasteiger partial charge in [-0.3, -0.25) is 4.90 Å². The van der Waals surface area contributed by atoms with Crippen LogP contribution in [-0.2, 0) is 0 Å². The SMILES string of the molecule is CC(C)c1ccc(N2CCC(CCO)CC2)cc1.CC(C)c1ccc(N2CCC(CN(C)C)CC2)cc1.CC(C)c1ccc(N2CCC(CO)CC2)cc1.CCN1CCN(C2CCN(c3ccc(C(C)C)cc3)CC2)CC1. The highest BCUT2D eigenvalue weighted by molar-refractivity contribution is 5.51. The summed E-state index contributed by atoms with van der Waals surface area (Å²) >= 11 is 0. The summed E-state index contributed by atoms with van der Waals surface area (Å²) < 4.78 is 0. The maximum absolute atomic E-state index is 9.13. The number of rotatable bonds is 15. The van der Waals surface area contributed by atoms with Crippen LogP contribution in [0.5, 0.6) is 0 Å². The van der Waals surface area contributed by atoms with Crippen molar-refractivity contribution in [2.24, 2.45) is 17.8 Å². The zero-order chi connectivity index (χ0) is 55.3. The number of benzene rings is 4. The maximum Gasteiger partial charge on any atom is 0.0460 e. The van der Waals surface area contributed by atoms with Crippen molar-refractivity contribution in [3.05, 3.63) is 119 Å². The Morgan fingerprint density at radius 3 is 0.974 bits per heavy atom. The van der Waals surface area contributed by atoms with Gasteiger partial charge in [-0.25, -0.2) is 0 Å². The summed E-state index contributed by atoms with van der Waals surface area (Å²) in [6.45, 7) is 37.6. The Balaban J connectivity index is 0.000000167. The molecule has 0 radical (unpaired) electrons. The first-order valence-corrected chi connectivity index (χ1v) is 30.9.